The summed E-state index contributed by atoms with van der Waals surface area (Å²) in [4.78, 5) is 4.38. The highest BCUT2D eigenvalue weighted by molar-refractivity contribution is 6.01. The molecule has 0 aliphatic carbocycles. The Morgan fingerprint density at radius 2 is 1.91 bits per heavy atom. The van der Waals surface area contributed by atoms with E-state index in [9.17, 15) is 4.39 Å². The van der Waals surface area contributed by atoms with Gasteiger partial charge in [0.2, 0.25) is 0 Å². The molecule has 1 aromatic carbocycles. The van der Waals surface area contributed by atoms with Crippen LogP contribution in [-0.2, 0) is 5.41 Å². The van der Waals surface area contributed by atoms with Gasteiger partial charge in [-0.15, -0.1) is 0 Å². The van der Waals surface area contributed by atoms with E-state index in [0.717, 1.165) is 29.1 Å². The quantitative estimate of drug-likeness (QED) is 0.648. The third-order valence-electron chi connectivity index (χ3n) is 3.49. The monoisotopic (exact) mass is 302 g/mol. The van der Waals surface area contributed by atoms with Crippen LogP contribution in [0, 0.1) is 0 Å². The van der Waals surface area contributed by atoms with Crippen molar-refractivity contribution in [2.24, 2.45) is 4.99 Å². The van der Waals surface area contributed by atoms with Crippen LogP contribution in [-0.4, -0.2) is 12.4 Å². The van der Waals surface area contributed by atoms with E-state index in [2.05, 4.69) is 23.3 Å². The van der Waals surface area contributed by atoms with E-state index in [1.165, 1.54) is 0 Å². The molecule has 0 aliphatic heterocycles. The number of halogens is 1. The maximum Gasteiger partial charge on any atom is 0.0985 e. The highest BCUT2D eigenvalue weighted by atomic mass is 19.1. The van der Waals surface area contributed by atoms with Gasteiger partial charge in [-0.3, -0.25) is 9.38 Å². The molecule has 2 nitrogen and oxygen atoms in total. The van der Waals surface area contributed by atoms with Gasteiger partial charge in [-0.1, -0.05) is 45.1 Å². The molecule has 0 spiro atoms. The highest BCUT2D eigenvalue weighted by Crippen LogP contribution is 2.25. The van der Waals surface area contributed by atoms with Crippen LogP contribution >= 0.6 is 0 Å². The molecule has 0 atom stereocenters. The number of anilines is 1. The highest BCUT2D eigenvalue weighted by Gasteiger charge is 2.19. The first kappa shape index (κ1) is 18.1. The molecular weight excluding hydrogens is 275 g/mol. The van der Waals surface area contributed by atoms with E-state index < -0.39 is 5.41 Å². The summed E-state index contributed by atoms with van der Waals surface area (Å²) < 4.78 is 13.0. The van der Waals surface area contributed by atoms with Crippen LogP contribution in [0.25, 0.3) is 0 Å². The van der Waals surface area contributed by atoms with Gasteiger partial charge in [0.1, 0.15) is 0 Å². The maximum absolute atomic E-state index is 13.0. The van der Waals surface area contributed by atoms with Crippen molar-refractivity contribution in [3.8, 4) is 0 Å². The zero-order valence-corrected chi connectivity index (χ0v) is 14.3. The Balaban J connectivity index is 2.94. The third kappa shape index (κ3) is 5.14. The number of aliphatic imine (C=N–C) groups is 1. The summed E-state index contributed by atoms with van der Waals surface area (Å²) in [7, 11) is 0. The molecule has 0 aromatic heterocycles. The average molecular weight is 302 g/mol. The molecule has 3 heteroatoms. The molecule has 0 unspecified atom stereocenters. The Bertz CT molecular complexity index is 551. The van der Waals surface area contributed by atoms with Crippen molar-refractivity contribution in [3.05, 3.63) is 53.9 Å². The molecule has 0 bridgehead atoms. The van der Waals surface area contributed by atoms with Crippen LogP contribution in [0.3, 0.4) is 0 Å². The summed E-state index contributed by atoms with van der Waals surface area (Å²) in [5, 5.41) is 3.39. The van der Waals surface area contributed by atoms with Crippen LogP contribution in [0.4, 0.5) is 10.1 Å². The molecule has 0 heterocycles. The van der Waals surface area contributed by atoms with E-state index in [1.807, 2.05) is 58.0 Å². The molecule has 1 aromatic rings. The maximum atomic E-state index is 13.0. The summed E-state index contributed by atoms with van der Waals surface area (Å²) >= 11 is 0. The Morgan fingerprint density at radius 1 is 1.27 bits per heavy atom. The zero-order valence-electron chi connectivity index (χ0n) is 14.3. The molecule has 0 aliphatic rings. The number of nitrogens with one attached hydrogen (secondary N) is 1. The smallest absolute Gasteiger partial charge is 0.0985 e. The van der Waals surface area contributed by atoms with Crippen LogP contribution < -0.4 is 5.32 Å². The predicted molar refractivity (Wildman–Crippen MR) is 95.4 cm³/mol. The summed E-state index contributed by atoms with van der Waals surface area (Å²) in [6, 6.07) is 7.92. The van der Waals surface area contributed by atoms with Gasteiger partial charge in [-0.05, 0) is 38.0 Å². The van der Waals surface area contributed by atoms with Gasteiger partial charge in [-0.25, -0.2) is 0 Å². The number of nitrogens with zero attached hydrogens (tertiary/aromatic N) is 1. The lowest BCUT2D eigenvalue weighted by atomic mass is 9.86. The van der Waals surface area contributed by atoms with E-state index in [4.69, 9.17) is 0 Å². The lowest BCUT2D eigenvalue weighted by Crippen LogP contribution is -2.19. The SMILES string of the molecule is C\C=C/N=C(C)/C(=C/CC)Nc1ccc(C(C)(C)CF)cc1. The first-order valence-corrected chi connectivity index (χ1v) is 7.74. The van der Waals surface area contributed by atoms with Crippen molar-refractivity contribution < 1.29 is 4.39 Å². The number of allylic oxidation sites excluding steroid dienone is 3. The number of hydrogen-bond acceptors (Lipinski definition) is 2. The average Bonchev–Trinajstić information content (AvgIpc) is 2.52. The van der Waals surface area contributed by atoms with E-state index in [-0.39, 0.29) is 6.67 Å². The minimum Gasteiger partial charge on any atom is -0.354 e. The fraction of sp³-hybridized carbons (Fsp3) is 0.421. The molecule has 22 heavy (non-hydrogen) atoms. The molecule has 0 saturated carbocycles. The Labute approximate surface area is 133 Å². The van der Waals surface area contributed by atoms with Crippen LogP contribution in [0.2, 0.25) is 0 Å². The standard InChI is InChI=1S/C19H27FN2/c1-6-8-18(15(3)21-13-7-2)22-17-11-9-16(10-12-17)19(4,5)14-20/h7-13,22H,6,14H2,1-5H3/b13-7-,18-8-,21-15+. The number of alkyl halides is 1. The van der Waals surface area contributed by atoms with Crippen molar-refractivity contribution in [2.45, 2.75) is 46.5 Å². The van der Waals surface area contributed by atoms with Crippen molar-refractivity contribution >= 4 is 11.4 Å². The fourth-order valence-electron chi connectivity index (χ4n) is 1.99. The van der Waals surface area contributed by atoms with E-state index in [1.54, 1.807) is 6.20 Å². The van der Waals surface area contributed by atoms with Crippen LogP contribution in [0.5, 0.6) is 0 Å². The van der Waals surface area contributed by atoms with E-state index >= 15 is 0 Å². The van der Waals surface area contributed by atoms with Gasteiger partial charge < -0.3 is 5.32 Å². The second-order valence-electron chi connectivity index (χ2n) is 5.94. The molecule has 1 N–H and O–H groups in total. The van der Waals surface area contributed by atoms with Gasteiger partial charge in [0, 0.05) is 17.3 Å². The number of rotatable bonds is 7. The largest absolute Gasteiger partial charge is 0.354 e. The zero-order chi connectivity index (χ0) is 16.6. The third-order valence-corrected chi connectivity index (χ3v) is 3.49. The lowest BCUT2D eigenvalue weighted by molar-refractivity contribution is 0.351. The number of hydrogen-bond donors (Lipinski definition) is 1. The molecule has 0 amide bonds. The van der Waals surface area contributed by atoms with E-state index in [0.29, 0.717) is 0 Å². The van der Waals surface area contributed by atoms with Crippen LogP contribution in [0.15, 0.2) is 53.3 Å². The predicted octanol–water partition coefficient (Wildman–Crippen LogP) is 5.63. The second-order valence-corrected chi connectivity index (χ2v) is 5.94. The molecule has 0 radical (unpaired) electrons. The van der Waals surface area contributed by atoms with Gasteiger partial charge in [0.15, 0.2) is 0 Å². The van der Waals surface area contributed by atoms with Gasteiger partial charge in [-0.2, -0.15) is 0 Å². The molecular formula is C19H27FN2. The summed E-state index contributed by atoms with van der Waals surface area (Å²) in [5.74, 6) is 0. The first-order valence-electron chi connectivity index (χ1n) is 7.74. The normalized spacial score (nSPS) is 13.7. The van der Waals surface area contributed by atoms with Crippen molar-refractivity contribution in [2.75, 3.05) is 12.0 Å². The van der Waals surface area contributed by atoms with Crippen molar-refractivity contribution in [1.82, 2.24) is 0 Å². The Morgan fingerprint density at radius 3 is 2.41 bits per heavy atom. The minimum atomic E-state index is -0.441. The van der Waals surface area contributed by atoms with Crippen LogP contribution in [0.1, 0.15) is 46.6 Å². The van der Waals surface area contributed by atoms with Crippen molar-refractivity contribution in [1.29, 1.82) is 0 Å². The van der Waals surface area contributed by atoms with Gasteiger partial charge in [0.05, 0.1) is 18.1 Å². The summed E-state index contributed by atoms with van der Waals surface area (Å²) in [6.07, 6.45) is 6.73. The summed E-state index contributed by atoms with van der Waals surface area (Å²) in [6.45, 7) is 9.47. The minimum absolute atomic E-state index is 0.365. The lowest BCUT2D eigenvalue weighted by Gasteiger charge is -2.21. The summed E-state index contributed by atoms with van der Waals surface area (Å²) in [5.41, 5.74) is 3.48. The second kappa shape index (κ2) is 8.52. The molecule has 120 valence electrons. The Kier molecular flexibility index (Phi) is 7.03. The fourth-order valence-corrected chi connectivity index (χ4v) is 1.99. The first-order chi connectivity index (χ1) is 10.4. The van der Waals surface area contributed by atoms with Gasteiger partial charge in [0.25, 0.3) is 0 Å². The topological polar surface area (TPSA) is 24.4 Å². The molecule has 0 saturated heterocycles. The molecule has 1 rings (SSSR count). The van der Waals surface area contributed by atoms with Gasteiger partial charge >= 0.3 is 0 Å². The number of benzene rings is 1. The van der Waals surface area contributed by atoms with Crippen molar-refractivity contribution in [3.63, 3.8) is 0 Å². The molecule has 0 fully saturated rings. The Hall–Kier alpha value is -1.90.